The third-order valence-electron chi connectivity index (χ3n) is 3.69. The van der Waals surface area contributed by atoms with Gasteiger partial charge in [0.25, 0.3) is 0 Å². The number of hydrogen-bond donors (Lipinski definition) is 0. The molecule has 1 saturated heterocycles. The number of methoxy groups -OCH3 is 2. The third-order valence-corrected chi connectivity index (χ3v) is 5.91. The van der Waals surface area contributed by atoms with Crippen LogP contribution in [0, 0.1) is 11.3 Å². The molecule has 0 amide bonds. The Kier molecular flexibility index (Phi) is 5.42. The Hall–Kier alpha value is -1.17. The van der Waals surface area contributed by atoms with Gasteiger partial charge in [-0.2, -0.15) is 9.57 Å². The molecule has 0 N–H and O–H groups in total. The van der Waals surface area contributed by atoms with Gasteiger partial charge < -0.3 is 9.47 Å². The van der Waals surface area contributed by atoms with E-state index in [1.165, 1.54) is 29.6 Å². The number of sulfonamides is 1. The van der Waals surface area contributed by atoms with E-state index in [1.54, 1.807) is 7.11 Å². The monoisotopic (exact) mass is 344 g/mol. The molecule has 8 heteroatoms. The zero-order valence-corrected chi connectivity index (χ0v) is 13.9. The molecule has 2 atom stereocenters. The number of benzene rings is 1. The molecule has 6 nitrogen and oxygen atoms in total. The second kappa shape index (κ2) is 6.94. The molecule has 0 aliphatic carbocycles. The van der Waals surface area contributed by atoms with E-state index in [0.29, 0.717) is 13.0 Å². The van der Waals surface area contributed by atoms with Gasteiger partial charge in [-0.1, -0.05) is 11.6 Å². The number of rotatable bonds is 5. The van der Waals surface area contributed by atoms with Gasteiger partial charge in [-0.05, 0) is 24.6 Å². The number of hydrogen-bond acceptors (Lipinski definition) is 5. The fraction of sp³-hybridized carbons (Fsp3) is 0.500. The largest absolute Gasteiger partial charge is 0.383 e. The van der Waals surface area contributed by atoms with Crippen molar-refractivity contribution in [1.82, 2.24) is 4.31 Å². The van der Waals surface area contributed by atoms with E-state index in [0.717, 1.165) is 0 Å². The van der Waals surface area contributed by atoms with Crippen molar-refractivity contribution in [2.75, 3.05) is 27.4 Å². The first-order valence-electron chi connectivity index (χ1n) is 6.67. The van der Waals surface area contributed by atoms with Crippen LogP contribution in [0.15, 0.2) is 23.1 Å². The van der Waals surface area contributed by atoms with Gasteiger partial charge in [-0.25, -0.2) is 8.42 Å². The molecule has 1 aliphatic rings. The van der Waals surface area contributed by atoms with Crippen molar-refractivity contribution in [1.29, 1.82) is 5.26 Å². The summed E-state index contributed by atoms with van der Waals surface area (Å²) in [6.45, 7) is 0.563. The van der Waals surface area contributed by atoms with Gasteiger partial charge >= 0.3 is 0 Å². The maximum absolute atomic E-state index is 12.8. The topological polar surface area (TPSA) is 79.6 Å². The number of ether oxygens (including phenoxy) is 2. The van der Waals surface area contributed by atoms with E-state index in [1.807, 2.05) is 6.07 Å². The van der Waals surface area contributed by atoms with Gasteiger partial charge in [0.1, 0.15) is 6.07 Å². The van der Waals surface area contributed by atoms with Crippen LogP contribution in [0.3, 0.4) is 0 Å². The molecule has 0 unspecified atom stereocenters. The van der Waals surface area contributed by atoms with E-state index >= 15 is 0 Å². The Morgan fingerprint density at radius 3 is 2.73 bits per heavy atom. The summed E-state index contributed by atoms with van der Waals surface area (Å²) in [6, 6.07) is 5.73. The summed E-state index contributed by atoms with van der Waals surface area (Å²) in [6.07, 6.45) is 0.414. The minimum Gasteiger partial charge on any atom is -0.383 e. The van der Waals surface area contributed by atoms with Gasteiger partial charge in [0.2, 0.25) is 10.0 Å². The Bertz CT molecular complexity index is 687. The second-order valence-corrected chi connectivity index (χ2v) is 7.33. The minimum absolute atomic E-state index is 0.0642. The standard InChI is InChI=1S/C14H17ClN2O4S/c1-20-9-11-5-12(21-2)8-17(11)22(18,19)13-4-3-10(7-16)14(15)6-13/h3-4,6,11-12H,5,8-9H2,1-2H3/t11-,12-/m0/s1. The molecule has 1 aromatic carbocycles. The highest BCUT2D eigenvalue weighted by molar-refractivity contribution is 7.89. The van der Waals surface area contributed by atoms with E-state index in [9.17, 15) is 8.42 Å². The van der Waals surface area contributed by atoms with Gasteiger partial charge in [0.05, 0.1) is 34.2 Å². The van der Waals surface area contributed by atoms with Crippen LogP contribution in [-0.2, 0) is 19.5 Å². The van der Waals surface area contributed by atoms with Crippen LogP contribution in [0.4, 0.5) is 0 Å². The van der Waals surface area contributed by atoms with Crippen molar-refractivity contribution in [2.45, 2.75) is 23.5 Å². The van der Waals surface area contributed by atoms with Crippen molar-refractivity contribution in [3.8, 4) is 6.07 Å². The molecule has 1 fully saturated rings. The van der Waals surface area contributed by atoms with E-state index in [-0.39, 0.29) is 34.2 Å². The zero-order valence-electron chi connectivity index (χ0n) is 12.3. The molecule has 0 radical (unpaired) electrons. The summed E-state index contributed by atoms with van der Waals surface area (Å²) < 4.78 is 37.4. The van der Waals surface area contributed by atoms with Gasteiger partial charge in [-0.3, -0.25) is 0 Å². The first-order valence-corrected chi connectivity index (χ1v) is 8.49. The highest BCUT2D eigenvalue weighted by Gasteiger charge is 2.40. The Morgan fingerprint density at radius 1 is 1.45 bits per heavy atom. The third kappa shape index (κ3) is 3.26. The van der Waals surface area contributed by atoms with Gasteiger partial charge in [-0.15, -0.1) is 0 Å². The van der Waals surface area contributed by atoms with Crippen molar-refractivity contribution in [2.24, 2.45) is 0 Å². The predicted octanol–water partition coefficient (Wildman–Crippen LogP) is 1.64. The SMILES string of the molecule is COC[C@@H]1C[C@H](OC)CN1S(=O)(=O)c1ccc(C#N)c(Cl)c1. The summed E-state index contributed by atoms with van der Waals surface area (Å²) in [4.78, 5) is 0.0642. The van der Waals surface area contributed by atoms with Crippen LogP contribution in [-0.4, -0.2) is 52.2 Å². The van der Waals surface area contributed by atoms with Crippen molar-refractivity contribution in [3.63, 3.8) is 0 Å². The highest BCUT2D eigenvalue weighted by Crippen LogP contribution is 2.29. The fourth-order valence-electron chi connectivity index (χ4n) is 2.54. The van der Waals surface area contributed by atoms with Crippen LogP contribution in [0.25, 0.3) is 0 Å². The lowest BCUT2D eigenvalue weighted by atomic mass is 10.2. The number of halogens is 1. The Labute approximate surface area is 135 Å². The van der Waals surface area contributed by atoms with Crippen molar-refractivity contribution >= 4 is 21.6 Å². The molecular weight excluding hydrogens is 328 g/mol. The average Bonchev–Trinajstić information content (AvgIpc) is 2.91. The van der Waals surface area contributed by atoms with Crippen LogP contribution in [0.1, 0.15) is 12.0 Å². The molecule has 0 aromatic heterocycles. The van der Waals surface area contributed by atoms with Crippen LogP contribution < -0.4 is 0 Å². The van der Waals surface area contributed by atoms with Crippen LogP contribution in [0.5, 0.6) is 0 Å². The lowest BCUT2D eigenvalue weighted by Crippen LogP contribution is -2.38. The molecular formula is C14H17ClN2O4S. The predicted molar refractivity (Wildman–Crippen MR) is 81.1 cm³/mol. The second-order valence-electron chi connectivity index (χ2n) is 5.03. The summed E-state index contributed by atoms with van der Waals surface area (Å²) in [5.74, 6) is 0. The Balaban J connectivity index is 2.36. The molecule has 1 aliphatic heterocycles. The first kappa shape index (κ1) is 17.2. The lowest BCUT2D eigenvalue weighted by molar-refractivity contribution is 0.110. The maximum Gasteiger partial charge on any atom is 0.243 e. The molecule has 22 heavy (non-hydrogen) atoms. The van der Waals surface area contributed by atoms with Crippen molar-refractivity contribution < 1.29 is 17.9 Å². The molecule has 2 rings (SSSR count). The molecule has 0 saturated carbocycles. The lowest BCUT2D eigenvalue weighted by Gasteiger charge is -2.23. The molecule has 1 aromatic rings. The quantitative estimate of drug-likeness (QED) is 0.811. The van der Waals surface area contributed by atoms with Crippen LogP contribution in [0.2, 0.25) is 5.02 Å². The smallest absolute Gasteiger partial charge is 0.243 e. The Morgan fingerprint density at radius 2 is 2.18 bits per heavy atom. The summed E-state index contributed by atoms with van der Waals surface area (Å²) in [5, 5.41) is 8.99. The highest BCUT2D eigenvalue weighted by atomic mass is 35.5. The zero-order chi connectivity index (χ0) is 16.3. The molecule has 0 spiro atoms. The fourth-order valence-corrected chi connectivity index (χ4v) is 4.50. The van der Waals surface area contributed by atoms with Crippen molar-refractivity contribution in [3.05, 3.63) is 28.8 Å². The van der Waals surface area contributed by atoms with Crippen LogP contribution >= 0.6 is 11.6 Å². The molecule has 120 valence electrons. The van der Waals surface area contributed by atoms with Gasteiger partial charge in [0.15, 0.2) is 0 Å². The molecule has 1 heterocycles. The number of nitrogens with zero attached hydrogens (tertiary/aromatic N) is 2. The summed E-state index contributed by atoms with van der Waals surface area (Å²) >= 11 is 5.94. The number of nitriles is 1. The van der Waals surface area contributed by atoms with E-state index in [4.69, 9.17) is 26.3 Å². The van der Waals surface area contributed by atoms with E-state index in [2.05, 4.69) is 0 Å². The summed E-state index contributed by atoms with van der Waals surface area (Å²) in [7, 11) is -0.631. The normalized spacial score (nSPS) is 22.6. The molecule has 0 bridgehead atoms. The van der Waals surface area contributed by atoms with Gasteiger partial charge in [0, 0.05) is 20.8 Å². The summed E-state index contributed by atoms with van der Waals surface area (Å²) in [5.41, 5.74) is 0.241. The maximum atomic E-state index is 12.8. The van der Waals surface area contributed by atoms with E-state index < -0.39 is 10.0 Å². The minimum atomic E-state index is -3.72. The first-order chi connectivity index (χ1) is 10.4. The average molecular weight is 345 g/mol.